The van der Waals surface area contributed by atoms with E-state index in [2.05, 4.69) is 24.1 Å². The minimum atomic E-state index is -0.578. The number of piperidine rings is 1. The molecule has 0 spiro atoms. The van der Waals surface area contributed by atoms with Gasteiger partial charge in [-0.1, -0.05) is 38.8 Å². The lowest BCUT2D eigenvalue weighted by molar-refractivity contribution is -0.121. The van der Waals surface area contributed by atoms with Gasteiger partial charge in [-0.3, -0.25) is 9.69 Å². The van der Waals surface area contributed by atoms with E-state index in [0.717, 1.165) is 74.2 Å². The zero-order chi connectivity index (χ0) is 22.6. The van der Waals surface area contributed by atoms with Gasteiger partial charge in [0.15, 0.2) is 0 Å². The third-order valence-electron chi connectivity index (χ3n) is 7.02. The molecule has 2 aromatic carbocycles. The first-order valence-corrected chi connectivity index (χ1v) is 12.0. The van der Waals surface area contributed by atoms with Gasteiger partial charge in [0.2, 0.25) is 5.91 Å². The van der Waals surface area contributed by atoms with Gasteiger partial charge >= 0.3 is 0 Å². The number of carbonyl (C=O) groups is 1. The van der Waals surface area contributed by atoms with Gasteiger partial charge in [0.05, 0.1) is 5.41 Å². The number of nitrogens with one attached hydrogen (secondary N) is 1. The Bertz CT molecular complexity index is 881. The number of amides is 1. The molecule has 2 aliphatic rings. The van der Waals surface area contributed by atoms with Crippen molar-refractivity contribution in [3.63, 3.8) is 0 Å². The lowest BCUT2D eigenvalue weighted by Gasteiger charge is -2.34. The van der Waals surface area contributed by atoms with Crippen LogP contribution in [0.1, 0.15) is 51.5 Å². The standard InChI is InChI=1S/C27H35FN2O2/c1-20-17-21(2)19-30(18-20)15-16-32-25-11-9-24(10-12-25)29-26(31)27(13-3-4-14-27)22-5-7-23(28)8-6-22/h5-12,20-21H,3-4,13-19H2,1-2H3,(H,29,31)/t20-,21-/m1/s1. The fourth-order valence-electron chi connectivity index (χ4n) is 5.55. The molecule has 1 aliphatic heterocycles. The van der Waals surface area contributed by atoms with Crippen LogP contribution < -0.4 is 10.1 Å². The number of hydrogen-bond acceptors (Lipinski definition) is 3. The maximum atomic E-state index is 13.4. The summed E-state index contributed by atoms with van der Waals surface area (Å²) < 4.78 is 19.3. The van der Waals surface area contributed by atoms with Crippen LogP contribution in [0.25, 0.3) is 0 Å². The number of carbonyl (C=O) groups excluding carboxylic acids is 1. The maximum Gasteiger partial charge on any atom is 0.235 e. The Hall–Kier alpha value is -2.40. The van der Waals surface area contributed by atoms with Gasteiger partial charge in [-0.25, -0.2) is 4.39 Å². The van der Waals surface area contributed by atoms with Crippen molar-refractivity contribution in [3.8, 4) is 5.75 Å². The quantitative estimate of drug-likeness (QED) is 0.609. The first kappa shape index (κ1) is 22.8. The molecular formula is C27H35FN2O2. The molecule has 1 saturated carbocycles. The van der Waals surface area contributed by atoms with Crippen LogP contribution in [0, 0.1) is 17.7 Å². The topological polar surface area (TPSA) is 41.6 Å². The van der Waals surface area contributed by atoms with Crippen molar-refractivity contribution in [3.05, 3.63) is 59.9 Å². The third kappa shape index (κ3) is 5.32. The number of likely N-dealkylation sites (tertiary alicyclic amines) is 1. The lowest BCUT2D eigenvalue weighted by Crippen LogP contribution is -2.40. The Morgan fingerprint density at radius 2 is 1.66 bits per heavy atom. The van der Waals surface area contributed by atoms with Crippen LogP contribution in [0.15, 0.2) is 48.5 Å². The minimum absolute atomic E-state index is 0.0105. The molecule has 2 fully saturated rings. The largest absolute Gasteiger partial charge is 0.492 e. The van der Waals surface area contributed by atoms with E-state index < -0.39 is 5.41 Å². The molecule has 172 valence electrons. The van der Waals surface area contributed by atoms with E-state index in [1.165, 1.54) is 18.6 Å². The molecule has 1 N–H and O–H groups in total. The summed E-state index contributed by atoms with van der Waals surface area (Å²) in [7, 11) is 0. The first-order valence-electron chi connectivity index (χ1n) is 12.0. The average molecular weight is 439 g/mol. The monoisotopic (exact) mass is 438 g/mol. The van der Waals surface area contributed by atoms with Gasteiger partial charge in [0.1, 0.15) is 18.2 Å². The summed E-state index contributed by atoms with van der Waals surface area (Å²) in [4.78, 5) is 15.8. The Morgan fingerprint density at radius 3 is 2.28 bits per heavy atom. The fourth-order valence-corrected chi connectivity index (χ4v) is 5.55. The summed E-state index contributed by atoms with van der Waals surface area (Å²) in [6, 6.07) is 14.0. The zero-order valence-electron chi connectivity index (χ0n) is 19.3. The average Bonchev–Trinajstić information content (AvgIpc) is 3.26. The Balaban J connectivity index is 1.32. The number of ether oxygens (including phenoxy) is 1. The molecule has 0 radical (unpaired) electrons. The molecule has 1 heterocycles. The summed E-state index contributed by atoms with van der Waals surface area (Å²) >= 11 is 0. The van der Waals surface area contributed by atoms with E-state index in [1.54, 1.807) is 12.1 Å². The normalized spacial score (nSPS) is 23.1. The highest BCUT2D eigenvalue weighted by atomic mass is 19.1. The van der Waals surface area contributed by atoms with Crippen molar-refractivity contribution >= 4 is 11.6 Å². The molecule has 4 rings (SSSR count). The fraction of sp³-hybridized carbons (Fsp3) is 0.519. The number of halogens is 1. The summed E-state index contributed by atoms with van der Waals surface area (Å²) in [5, 5.41) is 3.09. The van der Waals surface area contributed by atoms with Crippen molar-refractivity contribution in [2.45, 2.75) is 51.4 Å². The second-order valence-corrected chi connectivity index (χ2v) is 9.83. The smallest absolute Gasteiger partial charge is 0.235 e. The molecule has 1 aliphatic carbocycles. The number of nitrogens with zero attached hydrogens (tertiary/aromatic N) is 1. The minimum Gasteiger partial charge on any atom is -0.492 e. The van der Waals surface area contributed by atoms with E-state index in [1.807, 2.05) is 24.3 Å². The van der Waals surface area contributed by atoms with Crippen molar-refractivity contribution < 1.29 is 13.9 Å². The summed E-state index contributed by atoms with van der Waals surface area (Å²) in [6.45, 7) is 8.54. The maximum absolute atomic E-state index is 13.4. The number of hydrogen-bond donors (Lipinski definition) is 1. The Kier molecular flexibility index (Phi) is 7.14. The van der Waals surface area contributed by atoms with Gasteiger partial charge in [-0.2, -0.15) is 0 Å². The molecule has 4 nitrogen and oxygen atoms in total. The van der Waals surface area contributed by atoms with Crippen molar-refractivity contribution in [1.82, 2.24) is 4.90 Å². The van der Waals surface area contributed by atoms with Crippen LogP contribution in [-0.4, -0.2) is 37.0 Å². The molecule has 0 unspecified atom stereocenters. The number of rotatable bonds is 7. The molecule has 5 heteroatoms. The molecule has 1 amide bonds. The highest BCUT2D eigenvalue weighted by Crippen LogP contribution is 2.42. The Morgan fingerprint density at radius 1 is 1.03 bits per heavy atom. The second-order valence-electron chi connectivity index (χ2n) is 9.83. The second kappa shape index (κ2) is 10.0. The predicted molar refractivity (Wildman–Crippen MR) is 126 cm³/mol. The van der Waals surface area contributed by atoms with Crippen molar-refractivity contribution in [1.29, 1.82) is 0 Å². The Labute approximate surface area is 191 Å². The number of benzene rings is 2. The molecule has 2 atom stereocenters. The van der Waals surface area contributed by atoms with Gasteiger partial charge < -0.3 is 10.1 Å². The van der Waals surface area contributed by atoms with Crippen LogP contribution in [0.5, 0.6) is 5.75 Å². The molecule has 0 bridgehead atoms. The van der Waals surface area contributed by atoms with Crippen molar-refractivity contribution in [2.75, 3.05) is 31.6 Å². The van der Waals surface area contributed by atoms with Crippen LogP contribution >= 0.6 is 0 Å². The summed E-state index contributed by atoms with van der Waals surface area (Å²) in [5.41, 5.74) is 1.08. The zero-order valence-corrected chi connectivity index (χ0v) is 19.3. The van der Waals surface area contributed by atoms with Gasteiger partial charge in [-0.15, -0.1) is 0 Å². The molecule has 2 aromatic rings. The predicted octanol–water partition coefficient (Wildman–Crippen LogP) is 5.63. The van der Waals surface area contributed by atoms with Crippen molar-refractivity contribution in [2.24, 2.45) is 11.8 Å². The van der Waals surface area contributed by atoms with E-state index in [-0.39, 0.29) is 11.7 Å². The molecule has 32 heavy (non-hydrogen) atoms. The SMILES string of the molecule is C[C@@H]1C[C@@H](C)CN(CCOc2ccc(NC(=O)C3(c4ccc(F)cc4)CCCC3)cc2)C1. The lowest BCUT2D eigenvalue weighted by atomic mass is 9.78. The van der Waals surface area contributed by atoms with E-state index in [0.29, 0.717) is 6.61 Å². The molecule has 1 saturated heterocycles. The van der Waals surface area contributed by atoms with E-state index >= 15 is 0 Å². The highest BCUT2D eigenvalue weighted by molar-refractivity contribution is 5.99. The summed E-state index contributed by atoms with van der Waals surface area (Å²) in [6.07, 6.45) is 4.91. The highest BCUT2D eigenvalue weighted by Gasteiger charge is 2.42. The van der Waals surface area contributed by atoms with E-state index in [4.69, 9.17) is 4.74 Å². The first-order chi connectivity index (χ1) is 15.4. The molecular weight excluding hydrogens is 403 g/mol. The summed E-state index contributed by atoms with van der Waals surface area (Å²) in [5.74, 6) is 2.03. The van der Waals surface area contributed by atoms with E-state index in [9.17, 15) is 9.18 Å². The van der Waals surface area contributed by atoms with Crippen LogP contribution in [0.2, 0.25) is 0 Å². The van der Waals surface area contributed by atoms with Crippen LogP contribution in [0.4, 0.5) is 10.1 Å². The van der Waals surface area contributed by atoms with Gasteiger partial charge in [0, 0.05) is 25.3 Å². The number of anilines is 1. The third-order valence-corrected chi connectivity index (χ3v) is 7.02. The van der Waals surface area contributed by atoms with Crippen LogP contribution in [-0.2, 0) is 10.2 Å². The molecule has 0 aromatic heterocycles. The van der Waals surface area contributed by atoms with Crippen LogP contribution in [0.3, 0.4) is 0 Å². The van der Waals surface area contributed by atoms with Gasteiger partial charge in [0.25, 0.3) is 0 Å². The van der Waals surface area contributed by atoms with Gasteiger partial charge in [-0.05, 0) is 73.1 Å².